The fraction of sp³-hybridized carbons (Fsp3) is 0.556. The summed E-state index contributed by atoms with van der Waals surface area (Å²) >= 11 is 0. The minimum absolute atomic E-state index is 0.557. The summed E-state index contributed by atoms with van der Waals surface area (Å²) < 4.78 is 0. The maximum atomic E-state index is 5.43. The Labute approximate surface area is 124 Å². The van der Waals surface area contributed by atoms with Crippen molar-refractivity contribution in [1.82, 2.24) is 10.2 Å². The topological polar surface area (TPSA) is 15.3 Å². The summed E-state index contributed by atoms with van der Waals surface area (Å²) in [6.07, 6.45) is 6.56. The first-order chi connectivity index (χ1) is 9.71. The van der Waals surface area contributed by atoms with Crippen molar-refractivity contribution in [3.05, 3.63) is 35.4 Å². The maximum absolute atomic E-state index is 5.43. The van der Waals surface area contributed by atoms with Crippen LogP contribution in [0.2, 0.25) is 0 Å². The summed E-state index contributed by atoms with van der Waals surface area (Å²) in [6.45, 7) is 11.4. The molecule has 1 aromatic carbocycles. The minimum atomic E-state index is 0.557. The summed E-state index contributed by atoms with van der Waals surface area (Å²) in [5.74, 6) is 3.30. The molecule has 0 fully saturated rings. The third-order valence-corrected chi connectivity index (χ3v) is 3.51. The van der Waals surface area contributed by atoms with Gasteiger partial charge in [0.25, 0.3) is 0 Å². The van der Waals surface area contributed by atoms with Gasteiger partial charge in [-0.25, -0.2) is 0 Å². The second-order valence-electron chi connectivity index (χ2n) is 5.37. The van der Waals surface area contributed by atoms with Crippen molar-refractivity contribution in [2.75, 3.05) is 26.2 Å². The zero-order chi connectivity index (χ0) is 14.8. The van der Waals surface area contributed by atoms with E-state index in [4.69, 9.17) is 6.42 Å². The van der Waals surface area contributed by atoms with E-state index < -0.39 is 0 Å². The Morgan fingerprint density at radius 2 is 1.95 bits per heavy atom. The maximum Gasteiger partial charge on any atom is 0.0601 e. The van der Waals surface area contributed by atoms with Gasteiger partial charge in [0, 0.05) is 13.1 Å². The van der Waals surface area contributed by atoms with Gasteiger partial charge in [0.05, 0.1) is 6.54 Å². The lowest BCUT2D eigenvalue weighted by Crippen LogP contribution is -2.24. The van der Waals surface area contributed by atoms with Crippen LogP contribution in [-0.4, -0.2) is 31.1 Å². The molecule has 0 aliphatic rings. The van der Waals surface area contributed by atoms with E-state index in [1.54, 1.807) is 0 Å². The number of nitrogens with one attached hydrogen (secondary N) is 1. The average Bonchev–Trinajstić information content (AvgIpc) is 2.46. The highest BCUT2D eigenvalue weighted by atomic mass is 15.1. The van der Waals surface area contributed by atoms with Crippen LogP contribution < -0.4 is 5.32 Å². The fourth-order valence-corrected chi connectivity index (χ4v) is 2.35. The number of hydrogen-bond acceptors (Lipinski definition) is 2. The van der Waals surface area contributed by atoms with Crippen molar-refractivity contribution in [3.63, 3.8) is 0 Å². The van der Waals surface area contributed by atoms with Crippen molar-refractivity contribution < 1.29 is 0 Å². The molecule has 0 aromatic heterocycles. The first-order valence-corrected chi connectivity index (χ1v) is 7.66. The average molecular weight is 272 g/mol. The fourth-order valence-electron chi connectivity index (χ4n) is 2.35. The van der Waals surface area contributed by atoms with E-state index in [1.807, 2.05) is 0 Å². The number of terminal acetylenes is 1. The number of nitrogens with zero attached hydrogens (tertiary/aromatic N) is 1. The molecule has 0 heterocycles. The van der Waals surface area contributed by atoms with Gasteiger partial charge in [-0.15, -0.1) is 6.42 Å². The molecule has 0 bridgehead atoms. The molecule has 0 saturated heterocycles. The SMILES string of the molecule is C#CCN(CCC)Cc1ccc(C(C)CNCC)cc1. The molecule has 2 nitrogen and oxygen atoms in total. The molecule has 1 N–H and O–H groups in total. The monoisotopic (exact) mass is 272 g/mol. The largest absolute Gasteiger partial charge is 0.316 e. The lowest BCUT2D eigenvalue weighted by molar-refractivity contribution is 0.299. The van der Waals surface area contributed by atoms with Crippen LogP contribution in [0.4, 0.5) is 0 Å². The summed E-state index contributed by atoms with van der Waals surface area (Å²) in [6, 6.07) is 8.96. The molecule has 2 heteroatoms. The predicted octanol–water partition coefficient (Wildman–Crippen LogP) is 3.24. The highest BCUT2D eigenvalue weighted by Gasteiger charge is 2.06. The highest BCUT2D eigenvalue weighted by Crippen LogP contribution is 2.16. The second-order valence-corrected chi connectivity index (χ2v) is 5.37. The molecular formula is C18H28N2. The molecule has 0 aliphatic heterocycles. The summed E-state index contributed by atoms with van der Waals surface area (Å²) in [5, 5.41) is 3.40. The molecule has 0 saturated carbocycles. The van der Waals surface area contributed by atoms with Crippen molar-refractivity contribution in [2.45, 2.75) is 39.7 Å². The molecule has 20 heavy (non-hydrogen) atoms. The molecule has 110 valence electrons. The Morgan fingerprint density at radius 1 is 1.25 bits per heavy atom. The first-order valence-electron chi connectivity index (χ1n) is 7.66. The number of benzene rings is 1. The van der Waals surface area contributed by atoms with Gasteiger partial charge < -0.3 is 5.32 Å². The van der Waals surface area contributed by atoms with Crippen LogP contribution in [0, 0.1) is 12.3 Å². The Kier molecular flexibility index (Phi) is 8.02. The van der Waals surface area contributed by atoms with Crippen molar-refractivity contribution in [2.24, 2.45) is 0 Å². The Balaban J connectivity index is 2.59. The van der Waals surface area contributed by atoms with E-state index >= 15 is 0 Å². The van der Waals surface area contributed by atoms with Gasteiger partial charge in [0.2, 0.25) is 0 Å². The Hall–Kier alpha value is -1.30. The highest BCUT2D eigenvalue weighted by molar-refractivity contribution is 5.25. The molecule has 1 rings (SSSR count). The zero-order valence-corrected chi connectivity index (χ0v) is 13.2. The van der Waals surface area contributed by atoms with Gasteiger partial charge >= 0.3 is 0 Å². The molecule has 0 radical (unpaired) electrons. The predicted molar refractivity (Wildman–Crippen MR) is 87.8 cm³/mol. The van der Waals surface area contributed by atoms with Gasteiger partial charge in [0.1, 0.15) is 0 Å². The number of rotatable bonds is 9. The quantitative estimate of drug-likeness (QED) is 0.694. The van der Waals surface area contributed by atoms with E-state index in [1.165, 1.54) is 11.1 Å². The number of hydrogen-bond donors (Lipinski definition) is 1. The van der Waals surface area contributed by atoms with Crippen LogP contribution in [0.1, 0.15) is 44.2 Å². The summed E-state index contributed by atoms with van der Waals surface area (Å²) in [5.41, 5.74) is 2.74. The van der Waals surface area contributed by atoms with E-state index in [2.05, 4.69) is 61.2 Å². The van der Waals surface area contributed by atoms with Crippen molar-refractivity contribution in [3.8, 4) is 12.3 Å². The third-order valence-electron chi connectivity index (χ3n) is 3.51. The van der Waals surface area contributed by atoms with Crippen LogP contribution in [0.25, 0.3) is 0 Å². The van der Waals surface area contributed by atoms with Crippen LogP contribution in [0.15, 0.2) is 24.3 Å². The third kappa shape index (κ3) is 5.77. The Bertz CT molecular complexity index is 402. The van der Waals surface area contributed by atoms with Crippen molar-refractivity contribution in [1.29, 1.82) is 0 Å². The van der Waals surface area contributed by atoms with E-state index in [0.29, 0.717) is 5.92 Å². The van der Waals surface area contributed by atoms with E-state index in [-0.39, 0.29) is 0 Å². The lowest BCUT2D eigenvalue weighted by atomic mass is 9.99. The Morgan fingerprint density at radius 3 is 2.50 bits per heavy atom. The minimum Gasteiger partial charge on any atom is -0.316 e. The number of likely N-dealkylation sites (N-methyl/N-ethyl adjacent to an activating group) is 1. The molecule has 1 unspecified atom stereocenters. The summed E-state index contributed by atoms with van der Waals surface area (Å²) in [4.78, 5) is 2.32. The van der Waals surface area contributed by atoms with Crippen LogP contribution >= 0.6 is 0 Å². The van der Waals surface area contributed by atoms with Gasteiger partial charge in [-0.2, -0.15) is 0 Å². The smallest absolute Gasteiger partial charge is 0.0601 e. The van der Waals surface area contributed by atoms with Crippen LogP contribution in [0.3, 0.4) is 0 Å². The lowest BCUT2D eigenvalue weighted by Gasteiger charge is -2.19. The molecule has 0 spiro atoms. The molecule has 1 atom stereocenters. The van der Waals surface area contributed by atoms with E-state index in [0.717, 1.165) is 39.1 Å². The first kappa shape index (κ1) is 16.8. The van der Waals surface area contributed by atoms with Crippen molar-refractivity contribution >= 4 is 0 Å². The molecule has 0 amide bonds. The molecule has 0 aliphatic carbocycles. The van der Waals surface area contributed by atoms with Gasteiger partial charge in [-0.05, 0) is 36.6 Å². The zero-order valence-electron chi connectivity index (χ0n) is 13.2. The van der Waals surface area contributed by atoms with Gasteiger partial charge in [-0.3, -0.25) is 4.90 Å². The normalized spacial score (nSPS) is 12.3. The van der Waals surface area contributed by atoms with Crippen LogP contribution in [0.5, 0.6) is 0 Å². The molecular weight excluding hydrogens is 244 g/mol. The van der Waals surface area contributed by atoms with Gasteiger partial charge in [-0.1, -0.05) is 51.0 Å². The molecule has 1 aromatic rings. The van der Waals surface area contributed by atoms with Gasteiger partial charge in [0.15, 0.2) is 0 Å². The van der Waals surface area contributed by atoms with E-state index in [9.17, 15) is 0 Å². The summed E-state index contributed by atoms with van der Waals surface area (Å²) in [7, 11) is 0. The van der Waals surface area contributed by atoms with Crippen LogP contribution in [-0.2, 0) is 6.54 Å². The second kappa shape index (κ2) is 9.58. The standard InChI is InChI=1S/C18H28N2/c1-5-12-20(13-6-2)15-17-8-10-18(11-9-17)16(4)14-19-7-3/h1,8-11,16,19H,6-7,12-15H2,2-4H3.